The van der Waals surface area contributed by atoms with Crippen molar-refractivity contribution in [2.45, 2.75) is 46.1 Å². The van der Waals surface area contributed by atoms with Gasteiger partial charge in [-0.25, -0.2) is 0 Å². The molecule has 0 bridgehead atoms. The van der Waals surface area contributed by atoms with Gasteiger partial charge in [0.05, 0.1) is 0 Å². The zero-order chi connectivity index (χ0) is 11.8. The Bertz CT molecular complexity index is 269. The first-order chi connectivity index (χ1) is 7.74. The average molecular weight is 220 g/mol. The molecule has 0 amide bonds. The van der Waals surface area contributed by atoms with Gasteiger partial charge in [-0.3, -0.25) is 4.98 Å². The highest BCUT2D eigenvalue weighted by Crippen LogP contribution is 2.20. The first kappa shape index (κ1) is 13.2. The van der Waals surface area contributed by atoms with Crippen LogP contribution in [0.15, 0.2) is 24.5 Å². The molecule has 0 saturated carbocycles. The summed E-state index contributed by atoms with van der Waals surface area (Å²) in [5, 5.41) is 3.61. The minimum absolute atomic E-state index is 0.491. The lowest BCUT2D eigenvalue weighted by molar-refractivity contribution is 0.440. The molecule has 0 aromatic carbocycles. The van der Waals surface area contributed by atoms with Gasteiger partial charge < -0.3 is 5.32 Å². The van der Waals surface area contributed by atoms with Crippen LogP contribution in [0.1, 0.15) is 51.6 Å². The number of pyridine rings is 1. The van der Waals surface area contributed by atoms with Crippen molar-refractivity contribution in [2.75, 3.05) is 6.54 Å². The number of hydrogen-bond acceptors (Lipinski definition) is 2. The first-order valence-corrected chi connectivity index (χ1v) is 6.37. The van der Waals surface area contributed by atoms with Crippen molar-refractivity contribution >= 4 is 0 Å². The predicted octanol–water partition coefficient (Wildman–Crippen LogP) is 3.56. The summed E-state index contributed by atoms with van der Waals surface area (Å²) in [4.78, 5) is 4.08. The van der Waals surface area contributed by atoms with E-state index in [9.17, 15) is 0 Å². The number of nitrogens with zero attached hydrogens (tertiary/aromatic N) is 1. The third-order valence-corrected chi connectivity index (χ3v) is 2.78. The van der Waals surface area contributed by atoms with Crippen molar-refractivity contribution in [3.8, 4) is 0 Å². The molecule has 1 rings (SSSR count). The van der Waals surface area contributed by atoms with Crippen LogP contribution in [0, 0.1) is 5.92 Å². The maximum Gasteiger partial charge on any atom is 0.0321 e. The highest BCUT2D eigenvalue weighted by atomic mass is 14.9. The van der Waals surface area contributed by atoms with Crippen LogP contribution in [-0.4, -0.2) is 11.5 Å². The van der Waals surface area contributed by atoms with Crippen LogP contribution >= 0.6 is 0 Å². The quantitative estimate of drug-likeness (QED) is 0.760. The van der Waals surface area contributed by atoms with Crippen LogP contribution in [0.5, 0.6) is 0 Å². The van der Waals surface area contributed by atoms with Gasteiger partial charge in [-0.05, 0) is 49.4 Å². The van der Waals surface area contributed by atoms with Crippen LogP contribution in [0.2, 0.25) is 0 Å². The second-order valence-corrected chi connectivity index (χ2v) is 4.76. The minimum Gasteiger partial charge on any atom is -0.310 e. The third-order valence-electron chi connectivity index (χ3n) is 2.78. The molecule has 1 heterocycles. The molecule has 1 N–H and O–H groups in total. The molecule has 0 spiro atoms. The van der Waals surface area contributed by atoms with Crippen molar-refractivity contribution in [3.63, 3.8) is 0 Å². The van der Waals surface area contributed by atoms with E-state index in [2.05, 4.69) is 43.2 Å². The second-order valence-electron chi connectivity index (χ2n) is 4.76. The largest absolute Gasteiger partial charge is 0.310 e. The molecule has 1 aromatic rings. The van der Waals surface area contributed by atoms with E-state index in [0.29, 0.717) is 6.04 Å². The van der Waals surface area contributed by atoms with E-state index in [1.165, 1.54) is 24.8 Å². The van der Waals surface area contributed by atoms with Gasteiger partial charge in [-0.1, -0.05) is 20.8 Å². The van der Waals surface area contributed by atoms with Crippen molar-refractivity contribution in [1.29, 1.82) is 0 Å². The Labute approximate surface area is 99.5 Å². The summed E-state index contributed by atoms with van der Waals surface area (Å²) < 4.78 is 0. The van der Waals surface area contributed by atoms with E-state index in [-0.39, 0.29) is 0 Å². The number of aromatic nitrogens is 1. The molecule has 2 heteroatoms. The highest BCUT2D eigenvalue weighted by molar-refractivity contribution is 5.14. The molecule has 0 fully saturated rings. The summed E-state index contributed by atoms with van der Waals surface area (Å²) in [6, 6.07) is 4.73. The van der Waals surface area contributed by atoms with Crippen LogP contribution in [0.3, 0.4) is 0 Å². The van der Waals surface area contributed by atoms with Crippen molar-refractivity contribution in [2.24, 2.45) is 5.92 Å². The van der Waals surface area contributed by atoms with Gasteiger partial charge in [0.15, 0.2) is 0 Å². The molecule has 1 aromatic heterocycles. The molecule has 1 atom stereocenters. The zero-order valence-corrected chi connectivity index (χ0v) is 10.7. The second kappa shape index (κ2) is 7.39. The average Bonchev–Trinajstić information content (AvgIpc) is 2.30. The van der Waals surface area contributed by atoms with Gasteiger partial charge in [0.25, 0.3) is 0 Å². The Kier molecular flexibility index (Phi) is 6.09. The van der Waals surface area contributed by atoms with Crippen LogP contribution in [-0.2, 0) is 0 Å². The van der Waals surface area contributed by atoms with E-state index >= 15 is 0 Å². The normalized spacial score (nSPS) is 13.0. The summed E-state index contributed by atoms with van der Waals surface area (Å²) in [5.41, 5.74) is 1.36. The predicted molar refractivity (Wildman–Crippen MR) is 69.3 cm³/mol. The molecular weight excluding hydrogens is 196 g/mol. The van der Waals surface area contributed by atoms with Crippen molar-refractivity contribution < 1.29 is 0 Å². The topological polar surface area (TPSA) is 24.9 Å². The molecule has 90 valence electrons. The molecule has 0 aliphatic heterocycles. The maximum absolute atomic E-state index is 4.08. The van der Waals surface area contributed by atoms with E-state index in [1.807, 2.05) is 12.4 Å². The van der Waals surface area contributed by atoms with Gasteiger partial charge in [0.1, 0.15) is 0 Å². The lowest BCUT2D eigenvalue weighted by Gasteiger charge is -2.19. The van der Waals surface area contributed by atoms with Crippen molar-refractivity contribution in [1.82, 2.24) is 10.3 Å². The zero-order valence-electron chi connectivity index (χ0n) is 10.7. The lowest BCUT2D eigenvalue weighted by Crippen LogP contribution is -2.22. The standard InChI is InChI=1S/C14H24N2/c1-4-9-16-14(6-5-12(2)3)13-7-10-15-11-8-13/h7-8,10-12,14,16H,4-6,9H2,1-3H3. The summed E-state index contributed by atoms with van der Waals surface area (Å²) in [5.74, 6) is 0.771. The fraction of sp³-hybridized carbons (Fsp3) is 0.643. The van der Waals surface area contributed by atoms with Gasteiger partial charge in [0, 0.05) is 18.4 Å². The Balaban J connectivity index is 2.56. The Morgan fingerprint density at radius 2 is 1.88 bits per heavy atom. The Morgan fingerprint density at radius 3 is 2.44 bits per heavy atom. The Hall–Kier alpha value is -0.890. The van der Waals surface area contributed by atoms with Crippen LogP contribution in [0.4, 0.5) is 0 Å². The van der Waals surface area contributed by atoms with Crippen molar-refractivity contribution in [3.05, 3.63) is 30.1 Å². The molecule has 0 aliphatic rings. The SMILES string of the molecule is CCCNC(CCC(C)C)c1ccncc1. The molecule has 16 heavy (non-hydrogen) atoms. The molecule has 2 nitrogen and oxygen atoms in total. The van der Waals surface area contributed by atoms with Gasteiger partial charge in [-0.15, -0.1) is 0 Å². The maximum atomic E-state index is 4.08. The number of hydrogen-bond donors (Lipinski definition) is 1. The monoisotopic (exact) mass is 220 g/mol. The molecule has 1 unspecified atom stereocenters. The van der Waals surface area contributed by atoms with E-state index in [4.69, 9.17) is 0 Å². The third kappa shape index (κ3) is 4.75. The lowest BCUT2D eigenvalue weighted by atomic mass is 9.98. The van der Waals surface area contributed by atoms with Crippen LogP contribution in [0.25, 0.3) is 0 Å². The minimum atomic E-state index is 0.491. The smallest absolute Gasteiger partial charge is 0.0321 e. The van der Waals surface area contributed by atoms with Gasteiger partial charge in [0.2, 0.25) is 0 Å². The number of rotatable bonds is 7. The highest BCUT2D eigenvalue weighted by Gasteiger charge is 2.10. The van der Waals surface area contributed by atoms with E-state index in [0.717, 1.165) is 12.5 Å². The summed E-state index contributed by atoms with van der Waals surface area (Å²) in [6.45, 7) is 7.86. The summed E-state index contributed by atoms with van der Waals surface area (Å²) in [6.07, 6.45) is 7.42. The Morgan fingerprint density at radius 1 is 1.19 bits per heavy atom. The molecule has 0 saturated heterocycles. The van der Waals surface area contributed by atoms with Crippen LogP contribution < -0.4 is 5.32 Å². The van der Waals surface area contributed by atoms with Gasteiger partial charge >= 0.3 is 0 Å². The fourth-order valence-corrected chi connectivity index (χ4v) is 1.80. The number of nitrogens with one attached hydrogen (secondary N) is 1. The first-order valence-electron chi connectivity index (χ1n) is 6.37. The molecule has 0 radical (unpaired) electrons. The summed E-state index contributed by atoms with van der Waals surface area (Å²) >= 11 is 0. The van der Waals surface area contributed by atoms with E-state index in [1.54, 1.807) is 0 Å². The van der Waals surface area contributed by atoms with E-state index < -0.39 is 0 Å². The van der Waals surface area contributed by atoms with Gasteiger partial charge in [-0.2, -0.15) is 0 Å². The molecule has 0 aliphatic carbocycles. The fourth-order valence-electron chi connectivity index (χ4n) is 1.80. The molecular formula is C14H24N2. The summed E-state index contributed by atoms with van der Waals surface area (Å²) in [7, 11) is 0.